The molecule has 4 nitrogen and oxygen atoms in total. The molecule has 2 unspecified atom stereocenters. The van der Waals surface area contributed by atoms with Crippen molar-refractivity contribution >= 4 is 5.97 Å². The van der Waals surface area contributed by atoms with Crippen molar-refractivity contribution in [1.82, 2.24) is 4.90 Å². The number of likely N-dealkylation sites (tertiary alicyclic amines) is 1. The summed E-state index contributed by atoms with van der Waals surface area (Å²) in [5, 5.41) is 19.8. The van der Waals surface area contributed by atoms with Crippen molar-refractivity contribution in [1.29, 1.82) is 0 Å². The Hall–Kier alpha value is -2.17. The standard InChI is InChI=1S/C20H23NO3/c1-20(19(23)24,17-10-6-3-7-11-17)21-12-16(14-22)18(13-21)15-8-4-2-5-9-15/h2-11,16,18,22H,12-14H2,1H3,(H,23,24)/t16?,18?,20-/m0/s1. The van der Waals surface area contributed by atoms with E-state index in [2.05, 4.69) is 12.1 Å². The zero-order valence-electron chi connectivity index (χ0n) is 13.8. The van der Waals surface area contributed by atoms with Crippen LogP contribution in [-0.4, -0.2) is 40.8 Å². The van der Waals surface area contributed by atoms with Crippen LogP contribution < -0.4 is 0 Å². The number of carboxylic acids is 1. The molecule has 0 radical (unpaired) electrons. The third kappa shape index (κ3) is 2.83. The van der Waals surface area contributed by atoms with Crippen LogP contribution in [0.25, 0.3) is 0 Å². The molecule has 0 bridgehead atoms. The molecule has 1 aliphatic heterocycles. The molecule has 2 N–H and O–H groups in total. The second kappa shape index (κ2) is 6.75. The molecule has 0 aliphatic carbocycles. The molecule has 1 aliphatic rings. The first-order valence-corrected chi connectivity index (χ1v) is 8.27. The van der Waals surface area contributed by atoms with Crippen LogP contribution in [0, 0.1) is 5.92 Å². The predicted octanol–water partition coefficient (Wildman–Crippen LogP) is 2.69. The van der Waals surface area contributed by atoms with Gasteiger partial charge in [0.15, 0.2) is 0 Å². The summed E-state index contributed by atoms with van der Waals surface area (Å²) in [6.45, 7) is 2.99. The van der Waals surface area contributed by atoms with Crippen molar-refractivity contribution in [2.24, 2.45) is 5.92 Å². The summed E-state index contributed by atoms with van der Waals surface area (Å²) < 4.78 is 0. The Kier molecular flexibility index (Phi) is 4.69. The molecule has 3 rings (SSSR count). The van der Waals surface area contributed by atoms with Gasteiger partial charge in [-0.25, -0.2) is 4.79 Å². The van der Waals surface area contributed by atoms with Crippen molar-refractivity contribution in [2.45, 2.75) is 18.4 Å². The minimum Gasteiger partial charge on any atom is -0.480 e. The fraction of sp³-hybridized carbons (Fsp3) is 0.350. The number of aliphatic hydroxyl groups excluding tert-OH is 1. The van der Waals surface area contributed by atoms with E-state index in [-0.39, 0.29) is 18.4 Å². The van der Waals surface area contributed by atoms with Crippen molar-refractivity contribution in [3.8, 4) is 0 Å². The molecular formula is C20H23NO3. The molecule has 0 amide bonds. The van der Waals surface area contributed by atoms with Crippen LogP contribution in [0.5, 0.6) is 0 Å². The Morgan fingerprint density at radius 1 is 1.08 bits per heavy atom. The van der Waals surface area contributed by atoms with Crippen LogP contribution in [-0.2, 0) is 10.3 Å². The van der Waals surface area contributed by atoms with Crippen LogP contribution >= 0.6 is 0 Å². The zero-order valence-corrected chi connectivity index (χ0v) is 13.8. The average molecular weight is 325 g/mol. The number of hydrogen-bond donors (Lipinski definition) is 2. The van der Waals surface area contributed by atoms with E-state index in [0.717, 1.165) is 11.1 Å². The average Bonchev–Trinajstić information content (AvgIpc) is 3.07. The number of hydrogen-bond acceptors (Lipinski definition) is 3. The number of aliphatic hydroxyl groups is 1. The summed E-state index contributed by atoms with van der Waals surface area (Å²) in [6.07, 6.45) is 0. The molecule has 1 heterocycles. The SMILES string of the molecule is C[C@@](C(=O)O)(c1ccccc1)N1CC(CO)C(c2ccccc2)C1. The van der Waals surface area contributed by atoms with Gasteiger partial charge in [0, 0.05) is 31.5 Å². The van der Waals surface area contributed by atoms with Crippen molar-refractivity contribution < 1.29 is 15.0 Å². The fourth-order valence-corrected chi connectivity index (χ4v) is 3.70. The molecule has 2 aromatic carbocycles. The molecule has 24 heavy (non-hydrogen) atoms. The molecule has 1 saturated heterocycles. The van der Waals surface area contributed by atoms with Crippen LogP contribution in [0.1, 0.15) is 24.0 Å². The van der Waals surface area contributed by atoms with Gasteiger partial charge in [0.05, 0.1) is 0 Å². The highest BCUT2D eigenvalue weighted by Gasteiger charge is 2.47. The summed E-state index contributed by atoms with van der Waals surface area (Å²) in [5.41, 5.74) is 0.820. The maximum absolute atomic E-state index is 12.1. The van der Waals surface area contributed by atoms with E-state index in [4.69, 9.17) is 0 Å². The molecular weight excluding hydrogens is 302 g/mol. The maximum Gasteiger partial charge on any atom is 0.328 e. The molecule has 2 aromatic rings. The van der Waals surface area contributed by atoms with Crippen LogP contribution in [0.3, 0.4) is 0 Å². The minimum absolute atomic E-state index is 0.0368. The lowest BCUT2D eigenvalue weighted by atomic mass is 9.89. The van der Waals surface area contributed by atoms with Gasteiger partial charge >= 0.3 is 5.97 Å². The minimum atomic E-state index is -1.10. The summed E-state index contributed by atoms with van der Waals surface area (Å²) >= 11 is 0. The van der Waals surface area contributed by atoms with Gasteiger partial charge in [-0.1, -0.05) is 60.7 Å². The van der Waals surface area contributed by atoms with Crippen LogP contribution in [0.15, 0.2) is 60.7 Å². The monoisotopic (exact) mass is 325 g/mol. The highest BCUT2D eigenvalue weighted by atomic mass is 16.4. The lowest BCUT2D eigenvalue weighted by Gasteiger charge is -2.35. The van der Waals surface area contributed by atoms with Crippen LogP contribution in [0.2, 0.25) is 0 Å². The van der Waals surface area contributed by atoms with Crippen molar-refractivity contribution in [2.75, 3.05) is 19.7 Å². The number of carbonyl (C=O) groups is 1. The molecule has 1 fully saturated rings. The fourth-order valence-electron chi connectivity index (χ4n) is 3.70. The Morgan fingerprint density at radius 3 is 2.21 bits per heavy atom. The van der Waals surface area contributed by atoms with Crippen molar-refractivity contribution in [3.05, 3.63) is 71.8 Å². The maximum atomic E-state index is 12.1. The third-order valence-corrected chi connectivity index (χ3v) is 5.29. The topological polar surface area (TPSA) is 60.8 Å². The second-order valence-electron chi connectivity index (χ2n) is 6.61. The second-order valence-corrected chi connectivity index (χ2v) is 6.61. The number of aliphatic carboxylic acids is 1. The van der Waals surface area contributed by atoms with E-state index in [1.54, 1.807) is 6.92 Å². The Labute approximate surface area is 142 Å². The summed E-state index contributed by atoms with van der Waals surface area (Å²) in [4.78, 5) is 14.1. The summed E-state index contributed by atoms with van der Waals surface area (Å²) in [5.74, 6) is -0.688. The lowest BCUT2D eigenvalue weighted by molar-refractivity contribution is -0.150. The van der Waals surface area contributed by atoms with E-state index in [9.17, 15) is 15.0 Å². The number of benzene rings is 2. The van der Waals surface area contributed by atoms with Gasteiger partial charge in [-0.3, -0.25) is 4.90 Å². The molecule has 0 saturated carbocycles. The Balaban J connectivity index is 1.95. The first-order chi connectivity index (χ1) is 11.6. The molecule has 126 valence electrons. The molecule has 0 spiro atoms. The molecule has 0 aromatic heterocycles. The van der Waals surface area contributed by atoms with Crippen molar-refractivity contribution in [3.63, 3.8) is 0 Å². The lowest BCUT2D eigenvalue weighted by Crippen LogP contribution is -2.49. The highest BCUT2D eigenvalue weighted by molar-refractivity contribution is 5.80. The summed E-state index contributed by atoms with van der Waals surface area (Å²) in [7, 11) is 0. The quantitative estimate of drug-likeness (QED) is 0.887. The van der Waals surface area contributed by atoms with E-state index < -0.39 is 11.5 Å². The van der Waals surface area contributed by atoms with Gasteiger partial charge in [-0.05, 0) is 18.1 Å². The van der Waals surface area contributed by atoms with Gasteiger partial charge in [0.2, 0.25) is 0 Å². The smallest absolute Gasteiger partial charge is 0.328 e. The van der Waals surface area contributed by atoms with E-state index in [1.165, 1.54) is 0 Å². The van der Waals surface area contributed by atoms with Gasteiger partial charge in [-0.2, -0.15) is 0 Å². The van der Waals surface area contributed by atoms with E-state index in [0.29, 0.717) is 13.1 Å². The van der Waals surface area contributed by atoms with Gasteiger partial charge in [-0.15, -0.1) is 0 Å². The number of nitrogens with zero attached hydrogens (tertiary/aromatic N) is 1. The highest BCUT2D eigenvalue weighted by Crippen LogP contribution is 2.40. The van der Waals surface area contributed by atoms with Gasteiger partial charge in [0.25, 0.3) is 0 Å². The molecule has 3 atom stereocenters. The number of rotatable bonds is 5. The molecule has 4 heteroatoms. The first-order valence-electron chi connectivity index (χ1n) is 8.27. The largest absolute Gasteiger partial charge is 0.480 e. The number of carboxylic acid groups (broad SMARTS) is 1. The normalized spacial score (nSPS) is 23.8. The third-order valence-electron chi connectivity index (χ3n) is 5.29. The Bertz CT molecular complexity index is 689. The zero-order chi connectivity index (χ0) is 17.2. The first kappa shape index (κ1) is 16.7. The summed E-state index contributed by atoms with van der Waals surface area (Å²) in [6, 6.07) is 19.4. The van der Waals surface area contributed by atoms with E-state index >= 15 is 0 Å². The van der Waals surface area contributed by atoms with Gasteiger partial charge in [0.1, 0.15) is 5.54 Å². The predicted molar refractivity (Wildman–Crippen MR) is 92.8 cm³/mol. The van der Waals surface area contributed by atoms with E-state index in [1.807, 2.05) is 53.4 Å². The van der Waals surface area contributed by atoms with Crippen LogP contribution in [0.4, 0.5) is 0 Å². The van der Waals surface area contributed by atoms with Gasteiger partial charge < -0.3 is 10.2 Å². The Morgan fingerprint density at radius 2 is 1.67 bits per heavy atom.